The van der Waals surface area contributed by atoms with Gasteiger partial charge in [-0.25, -0.2) is 0 Å². The summed E-state index contributed by atoms with van der Waals surface area (Å²) in [6.45, 7) is 0. The summed E-state index contributed by atoms with van der Waals surface area (Å²) in [5.41, 5.74) is 0.443. The fraction of sp³-hybridized carbons (Fsp3) is 0.273. The Balaban J connectivity index is 2.85. The molecule has 0 unspecified atom stereocenters. The lowest BCUT2D eigenvalue weighted by Crippen LogP contribution is -2.09. The highest BCUT2D eigenvalue weighted by atomic mass is 79.9. The topological polar surface area (TPSA) is 52.6 Å². The number of ether oxygens (including phenoxy) is 2. The van der Waals surface area contributed by atoms with Gasteiger partial charge in [0, 0.05) is 5.56 Å². The molecule has 1 aromatic carbocycles. The molecular weight excluding hydrogens is 276 g/mol. The molecule has 86 valence electrons. The molecule has 0 N–H and O–H groups in total. The van der Waals surface area contributed by atoms with Crippen molar-refractivity contribution < 1.29 is 19.1 Å². The van der Waals surface area contributed by atoms with Crippen molar-refractivity contribution in [2.75, 3.05) is 14.2 Å². The molecule has 0 saturated carbocycles. The minimum absolute atomic E-state index is 0.255. The van der Waals surface area contributed by atoms with E-state index in [-0.39, 0.29) is 12.2 Å². The number of esters is 1. The first-order valence-electron chi connectivity index (χ1n) is 4.52. The van der Waals surface area contributed by atoms with Crippen molar-refractivity contribution >= 4 is 27.7 Å². The van der Waals surface area contributed by atoms with Crippen molar-refractivity contribution in [3.8, 4) is 5.75 Å². The molecule has 0 aliphatic rings. The van der Waals surface area contributed by atoms with Crippen molar-refractivity contribution in [1.29, 1.82) is 0 Å². The van der Waals surface area contributed by atoms with Crippen LogP contribution >= 0.6 is 15.9 Å². The monoisotopic (exact) mass is 286 g/mol. The molecule has 0 bridgehead atoms. The van der Waals surface area contributed by atoms with Crippen LogP contribution in [0.3, 0.4) is 0 Å². The minimum atomic E-state index is -0.544. The maximum absolute atomic E-state index is 11.6. The Morgan fingerprint density at radius 3 is 2.50 bits per heavy atom. The molecule has 0 radical (unpaired) electrons. The quantitative estimate of drug-likeness (QED) is 0.484. The molecule has 0 aliphatic carbocycles. The Morgan fingerprint density at radius 1 is 1.31 bits per heavy atom. The van der Waals surface area contributed by atoms with Gasteiger partial charge in [-0.05, 0) is 34.1 Å². The van der Waals surface area contributed by atoms with E-state index in [4.69, 9.17) is 4.74 Å². The highest BCUT2D eigenvalue weighted by Gasteiger charge is 2.13. The van der Waals surface area contributed by atoms with Gasteiger partial charge < -0.3 is 9.47 Å². The van der Waals surface area contributed by atoms with E-state index in [1.165, 1.54) is 14.2 Å². The second-order valence-corrected chi connectivity index (χ2v) is 3.88. The normalized spacial score (nSPS) is 9.69. The van der Waals surface area contributed by atoms with Crippen LogP contribution in [0.2, 0.25) is 0 Å². The first kappa shape index (κ1) is 12.7. The van der Waals surface area contributed by atoms with Gasteiger partial charge in [-0.15, -0.1) is 0 Å². The highest BCUT2D eigenvalue weighted by Crippen LogP contribution is 2.25. The van der Waals surface area contributed by atoms with Gasteiger partial charge in [0.2, 0.25) is 0 Å². The Bertz CT molecular complexity index is 414. The van der Waals surface area contributed by atoms with Crippen LogP contribution in [-0.4, -0.2) is 26.0 Å². The molecule has 0 fully saturated rings. The third-order valence-corrected chi connectivity index (χ3v) is 2.63. The predicted octanol–water partition coefficient (Wildman–Crippen LogP) is 2.20. The summed E-state index contributed by atoms with van der Waals surface area (Å²) in [4.78, 5) is 22.5. The largest absolute Gasteiger partial charge is 0.496 e. The minimum Gasteiger partial charge on any atom is -0.496 e. The Hall–Kier alpha value is -1.36. The number of hydrogen-bond acceptors (Lipinski definition) is 4. The third kappa shape index (κ3) is 3.06. The van der Waals surface area contributed by atoms with Crippen molar-refractivity contribution in [1.82, 2.24) is 0 Å². The van der Waals surface area contributed by atoms with Gasteiger partial charge in [0.25, 0.3) is 0 Å². The van der Waals surface area contributed by atoms with E-state index in [0.717, 1.165) is 0 Å². The van der Waals surface area contributed by atoms with Gasteiger partial charge in [0.05, 0.1) is 18.7 Å². The lowest BCUT2D eigenvalue weighted by molar-refractivity contribution is -0.139. The third-order valence-electron chi connectivity index (χ3n) is 2.01. The summed E-state index contributed by atoms with van der Waals surface area (Å²) < 4.78 is 10.1. The molecule has 1 rings (SSSR count). The summed E-state index contributed by atoms with van der Waals surface area (Å²) in [5, 5.41) is 0. The van der Waals surface area contributed by atoms with Gasteiger partial charge in [-0.2, -0.15) is 0 Å². The summed E-state index contributed by atoms with van der Waals surface area (Å²) >= 11 is 3.27. The van der Waals surface area contributed by atoms with Crippen LogP contribution in [0.25, 0.3) is 0 Å². The number of benzene rings is 1. The van der Waals surface area contributed by atoms with E-state index >= 15 is 0 Å². The lowest BCUT2D eigenvalue weighted by Gasteiger charge is -2.05. The predicted molar refractivity (Wildman–Crippen MR) is 61.7 cm³/mol. The van der Waals surface area contributed by atoms with Crippen LogP contribution < -0.4 is 4.74 Å². The average Bonchev–Trinajstić information content (AvgIpc) is 2.28. The molecule has 1 aromatic rings. The summed E-state index contributed by atoms with van der Waals surface area (Å²) in [6, 6.07) is 4.88. The van der Waals surface area contributed by atoms with Gasteiger partial charge >= 0.3 is 5.97 Å². The second kappa shape index (κ2) is 5.65. The van der Waals surface area contributed by atoms with Crippen LogP contribution in [0.4, 0.5) is 0 Å². The first-order chi connectivity index (χ1) is 7.58. The van der Waals surface area contributed by atoms with Crippen LogP contribution in [0.5, 0.6) is 5.75 Å². The molecule has 0 saturated heterocycles. The Morgan fingerprint density at radius 2 is 2.00 bits per heavy atom. The van der Waals surface area contributed by atoms with Crippen molar-refractivity contribution in [2.45, 2.75) is 6.42 Å². The van der Waals surface area contributed by atoms with E-state index < -0.39 is 5.97 Å². The van der Waals surface area contributed by atoms with Gasteiger partial charge in [-0.3, -0.25) is 9.59 Å². The number of hydrogen-bond donors (Lipinski definition) is 0. The van der Waals surface area contributed by atoms with Crippen molar-refractivity contribution in [3.63, 3.8) is 0 Å². The number of carbonyl (C=O) groups excluding carboxylic acids is 2. The summed E-state index contributed by atoms with van der Waals surface area (Å²) in [7, 11) is 2.79. The zero-order valence-corrected chi connectivity index (χ0v) is 10.5. The van der Waals surface area contributed by atoms with E-state index in [2.05, 4.69) is 20.7 Å². The zero-order valence-electron chi connectivity index (χ0n) is 8.95. The fourth-order valence-electron chi connectivity index (χ4n) is 1.15. The molecule has 0 aromatic heterocycles. The van der Waals surface area contributed by atoms with Gasteiger partial charge in [0.1, 0.15) is 12.2 Å². The summed E-state index contributed by atoms with van der Waals surface area (Å²) in [5.74, 6) is -0.193. The second-order valence-electron chi connectivity index (χ2n) is 3.03. The van der Waals surface area contributed by atoms with Crippen molar-refractivity contribution in [3.05, 3.63) is 28.2 Å². The molecule has 0 amide bonds. The SMILES string of the molecule is COC(=O)CC(=O)c1ccc(OC)c(Br)c1. The summed E-state index contributed by atoms with van der Waals surface area (Å²) in [6.07, 6.45) is -0.255. The molecule has 0 spiro atoms. The highest BCUT2D eigenvalue weighted by molar-refractivity contribution is 9.10. The molecule has 0 heterocycles. The number of Topliss-reactive ketones (excluding diaryl/α,β-unsaturated/α-hetero) is 1. The van der Waals surface area contributed by atoms with E-state index in [9.17, 15) is 9.59 Å². The molecule has 0 aliphatic heterocycles. The van der Waals surface area contributed by atoms with E-state index in [0.29, 0.717) is 15.8 Å². The lowest BCUT2D eigenvalue weighted by atomic mass is 10.1. The fourth-order valence-corrected chi connectivity index (χ4v) is 1.69. The number of methoxy groups -OCH3 is 2. The van der Waals surface area contributed by atoms with Crippen LogP contribution in [-0.2, 0) is 9.53 Å². The molecular formula is C11H11BrO4. The first-order valence-corrected chi connectivity index (χ1v) is 5.31. The van der Waals surface area contributed by atoms with Crippen LogP contribution in [0, 0.1) is 0 Å². The van der Waals surface area contributed by atoms with Gasteiger partial charge in [-0.1, -0.05) is 0 Å². The van der Waals surface area contributed by atoms with Crippen LogP contribution in [0.1, 0.15) is 16.8 Å². The molecule has 4 nitrogen and oxygen atoms in total. The Kier molecular flexibility index (Phi) is 4.49. The Labute approximate surface area is 102 Å². The number of ketones is 1. The number of carbonyl (C=O) groups is 2. The van der Waals surface area contributed by atoms with Crippen LogP contribution in [0.15, 0.2) is 22.7 Å². The molecule has 0 atom stereocenters. The maximum Gasteiger partial charge on any atom is 0.313 e. The smallest absolute Gasteiger partial charge is 0.313 e. The number of halogens is 1. The van der Waals surface area contributed by atoms with Crippen molar-refractivity contribution in [2.24, 2.45) is 0 Å². The van der Waals surface area contributed by atoms with E-state index in [1.807, 2.05) is 0 Å². The molecule has 5 heteroatoms. The molecule has 16 heavy (non-hydrogen) atoms. The maximum atomic E-state index is 11.6. The van der Waals surface area contributed by atoms with Gasteiger partial charge in [0.15, 0.2) is 5.78 Å². The van der Waals surface area contributed by atoms with E-state index in [1.54, 1.807) is 18.2 Å². The number of rotatable bonds is 4. The average molecular weight is 287 g/mol. The zero-order chi connectivity index (χ0) is 12.1. The standard InChI is InChI=1S/C11H11BrO4/c1-15-10-4-3-7(5-8(10)12)9(13)6-11(14)16-2/h3-5H,6H2,1-2H3.